The fourth-order valence-electron chi connectivity index (χ4n) is 1.17. The summed E-state index contributed by atoms with van der Waals surface area (Å²) >= 11 is 0. The van der Waals surface area contributed by atoms with Crippen molar-refractivity contribution in [1.29, 1.82) is 0 Å². The molecule has 0 saturated heterocycles. The molecular weight excluding hydrogens is 246 g/mol. The van der Waals surface area contributed by atoms with E-state index in [2.05, 4.69) is 4.98 Å². The van der Waals surface area contributed by atoms with Gasteiger partial charge in [0.05, 0.1) is 5.56 Å². The summed E-state index contributed by atoms with van der Waals surface area (Å²) in [4.78, 5) is 24.2. The molecule has 0 saturated carbocycles. The van der Waals surface area contributed by atoms with E-state index in [9.17, 15) is 9.59 Å². The molecule has 0 aliphatic heterocycles. The molecule has 1 aromatic heterocycles. The number of pyridine rings is 1. The second-order valence-corrected chi connectivity index (χ2v) is 3.53. The van der Waals surface area contributed by atoms with E-state index in [-0.39, 0.29) is 5.56 Å². The molecule has 19 heavy (non-hydrogen) atoms. The van der Waals surface area contributed by atoms with Gasteiger partial charge in [-0.05, 0) is 24.3 Å². The molecule has 2 rings (SSSR count). The van der Waals surface area contributed by atoms with Crippen LogP contribution in [0.5, 0.6) is 0 Å². The maximum atomic E-state index is 10.3. The van der Waals surface area contributed by atoms with Crippen LogP contribution in [0.1, 0.15) is 20.7 Å². The van der Waals surface area contributed by atoms with E-state index < -0.39 is 5.97 Å². The van der Waals surface area contributed by atoms with Gasteiger partial charge in [0.1, 0.15) is 17.9 Å². The first-order valence-corrected chi connectivity index (χ1v) is 5.29. The summed E-state index contributed by atoms with van der Waals surface area (Å²) in [7, 11) is 0. The molecule has 0 aliphatic carbocycles. The summed E-state index contributed by atoms with van der Waals surface area (Å²) in [5.74, 6) is -0.0579. The van der Waals surface area contributed by atoms with Crippen molar-refractivity contribution in [2.75, 3.05) is 11.5 Å². The third-order valence-corrected chi connectivity index (χ3v) is 2.09. The normalized spacial score (nSPS) is 9.05. The van der Waals surface area contributed by atoms with E-state index >= 15 is 0 Å². The monoisotopic (exact) mass is 259 g/mol. The standard InChI is InChI=1S/C8H6O3.C5H7N3/c9-5-6-1-3-7(4-2-6)8(10)11;6-4-2-1-3-5(7)8-4/h1-5H,(H,10,11);1-3H,(H4,6,7,8). The van der Waals surface area contributed by atoms with Crippen molar-refractivity contribution in [3.05, 3.63) is 53.6 Å². The van der Waals surface area contributed by atoms with E-state index in [1.165, 1.54) is 24.3 Å². The zero-order valence-corrected chi connectivity index (χ0v) is 9.98. The van der Waals surface area contributed by atoms with Crippen molar-refractivity contribution >= 4 is 23.9 Å². The number of hydrogen-bond donors (Lipinski definition) is 3. The molecule has 0 radical (unpaired) electrons. The van der Waals surface area contributed by atoms with E-state index in [0.717, 1.165) is 0 Å². The number of hydrogen-bond acceptors (Lipinski definition) is 5. The second kappa shape index (κ2) is 6.75. The van der Waals surface area contributed by atoms with Crippen LogP contribution in [0.3, 0.4) is 0 Å². The molecule has 1 aromatic carbocycles. The first kappa shape index (κ1) is 14.2. The Morgan fingerprint density at radius 1 is 1.05 bits per heavy atom. The number of carboxylic acid groups (broad SMARTS) is 1. The number of nitrogens with two attached hydrogens (primary N) is 2. The summed E-state index contributed by atoms with van der Waals surface area (Å²) in [6.07, 6.45) is 0.672. The largest absolute Gasteiger partial charge is 0.478 e. The number of aromatic nitrogens is 1. The topological polar surface area (TPSA) is 119 Å². The molecule has 0 aliphatic rings. The van der Waals surface area contributed by atoms with Crippen LogP contribution in [0.15, 0.2) is 42.5 Å². The summed E-state index contributed by atoms with van der Waals surface area (Å²) in [6.45, 7) is 0. The Morgan fingerprint density at radius 3 is 1.89 bits per heavy atom. The van der Waals surface area contributed by atoms with Crippen LogP contribution in [0.4, 0.5) is 11.6 Å². The van der Waals surface area contributed by atoms with Gasteiger partial charge in [-0.15, -0.1) is 0 Å². The van der Waals surface area contributed by atoms with Crippen LogP contribution in [-0.4, -0.2) is 22.3 Å². The van der Waals surface area contributed by atoms with Gasteiger partial charge in [0.2, 0.25) is 0 Å². The Balaban J connectivity index is 0.000000200. The van der Waals surface area contributed by atoms with Crippen molar-refractivity contribution < 1.29 is 14.7 Å². The number of aromatic carboxylic acids is 1. The van der Waals surface area contributed by atoms with Crippen LogP contribution < -0.4 is 11.5 Å². The fraction of sp³-hybridized carbons (Fsp3) is 0. The average molecular weight is 259 g/mol. The van der Waals surface area contributed by atoms with E-state index in [0.29, 0.717) is 23.5 Å². The van der Waals surface area contributed by atoms with Gasteiger partial charge in [0, 0.05) is 5.56 Å². The number of anilines is 2. The third-order valence-electron chi connectivity index (χ3n) is 2.09. The van der Waals surface area contributed by atoms with Gasteiger partial charge in [0.25, 0.3) is 0 Å². The van der Waals surface area contributed by atoms with E-state index in [1.807, 2.05) is 0 Å². The van der Waals surface area contributed by atoms with Crippen LogP contribution in [0.25, 0.3) is 0 Å². The lowest BCUT2D eigenvalue weighted by molar-refractivity contribution is 0.0696. The summed E-state index contributed by atoms with van der Waals surface area (Å²) in [6, 6.07) is 10.9. The summed E-state index contributed by atoms with van der Waals surface area (Å²) in [5, 5.41) is 8.46. The average Bonchev–Trinajstić information content (AvgIpc) is 2.39. The number of nitrogens with zero attached hydrogens (tertiary/aromatic N) is 1. The molecule has 6 heteroatoms. The Labute approximate surface area is 109 Å². The summed E-state index contributed by atoms with van der Waals surface area (Å²) < 4.78 is 0. The van der Waals surface area contributed by atoms with Gasteiger partial charge in [-0.25, -0.2) is 9.78 Å². The Bertz CT molecular complexity index is 550. The predicted octanol–water partition coefficient (Wildman–Crippen LogP) is 1.44. The lowest BCUT2D eigenvalue weighted by atomic mass is 10.1. The number of carbonyl (C=O) groups excluding carboxylic acids is 1. The molecular formula is C13H13N3O3. The Kier molecular flexibility index (Phi) is 5.04. The molecule has 0 amide bonds. The Morgan fingerprint density at radius 2 is 1.58 bits per heavy atom. The molecule has 0 atom stereocenters. The molecule has 6 nitrogen and oxygen atoms in total. The van der Waals surface area contributed by atoms with Crippen molar-refractivity contribution in [3.8, 4) is 0 Å². The number of rotatable bonds is 2. The van der Waals surface area contributed by atoms with Gasteiger partial charge in [-0.2, -0.15) is 0 Å². The quantitative estimate of drug-likeness (QED) is 0.702. The lowest BCUT2D eigenvalue weighted by Gasteiger charge is -1.92. The number of carboxylic acids is 1. The highest BCUT2D eigenvalue weighted by Crippen LogP contribution is 2.01. The zero-order valence-electron chi connectivity index (χ0n) is 9.98. The van der Waals surface area contributed by atoms with Crippen LogP contribution >= 0.6 is 0 Å². The smallest absolute Gasteiger partial charge is 0.335 e. The number of carbonyl (C=O) groups is 2. The van der Waals surface area contributed by atoms with Crippen molar-refractivity contribution in [2.24, 2.45) is 0 Å². The maximum absolute atomic E-state index is 10.3. The van der Waals surface area contributed by atoms with Crippen molar-refractivity contribution in [2.45, 2.75) is 0 Å². The summed E-state index contributed by atoms with van der Waals surface area (Å²) in [5.41, 5.74) is 11.2. The highest BCUT2D eigenvalue weighted by atomic mass is 16.4. The van der Waals surface area contributed by atoms with Crippen LogP contribution in [0, 0.1) is 0 Å². The van der Waals surface area contributed by atoms with Crippen LogP contribution in [0.2, 0.25) is 0 Å². The minimum Gasteiger partial charge on any atom is -0.478 e. The van der Waals surface area contributed by atoms with Gasteiger partial charge in [-0.1, -0.05) is 18.2 Å². The minimum absolute atomic E-state index is 0.190. The number of nitrogen functional groups attached to an aromatic ring is 2. The molecule has 0 fully saturated rings. The fourth-order valence-corrected chi connectivity index (χ4v) is 1.17. The highest BCUT2D eigenvalue weighted by Gasteiger charge is 1.99. The van der Waals surface area contributed by atoms with Crippen LogP contribution in [-0.2, 0) is 0 Å². The van der Waals surface area contributed by atoms with Crippen molar-refractivity contribution in [3.63, 3.8) is 0 Å². The van der Waals surface area contributed by atoms with Crippen molar-refractivity contribution in [1.82, 2.24) is 4.98 Å². The molecule has 98 valence electrons. The van der Waals surface area contributed by atoms with Gasteiger partial charge < -0.3 is 16.6 Å². The third kappa shape index (κ3) is 4.86. The molecule has 1 heterocycles. The maximum Gasteiger partial charge on any atom is 0.335 e. The van der Waals surface area contributed by atoms with Gasteiger partial charge in [-0.3, -0.25) is 4.79 Å². The zero-order chi connectivity index (χ0) is 14.3. The molecule has 2 aromatic rings. The molecule has 0 unspecified atom stereocenters. The van der Waals surface area contributed by atoms with E-state index in [4.69, 9.17) is 16.6 Å². The SMILES string of the molecule is Nc1cccc(N)n1.O=Cc1ccc(C(=O)O)cc1. The molecule has 0 spiro atoms. The Hall–Kier alpha value is -2.89. The predicted molar refractivity (Wildman–Crippen MR) is 71.9 cm³/mol. The number of benzene rings is 1. The lowest BCUT2D eigenvalue weighted by Crippen LogP contribution is -1.95. The highest BCUT2D eigenvalue weighted by molar-refractivity contribution is 5.88. The first-order chi connectivity index (χ1) is 9.02. The molecule has 5 N–H and O–H groups in total. The molecule has 0 bridgehead atoms. The first-order valence-electron chi connectivity index (χ1n) is 5.29. The van der Waals surface area contributed by atoms with E-state index in [1.54, 1.807) is 18.2 Å². The second-order valence-electron chi connectivity index (χ2n) is 3.53. The minimum atomic E-state index is -0.984. The van der Waals surface area contributed by atoms with Gasteiger partial charge in [0.15, 0.2) is 0 Å². The number of aldehydes is 1. The van der Waals surface area contributed by atoms with Gasteiger partial charge >= 0.3 is 5.97 Å².